The highest BCUT2D eigenvalue weighted by atomic mass is 31.2. The van der Waals surface area contributed by atoms with E-state index in [1.165, 1.54) is 36.4 Å². The molecule has 170 valence electrons. The second-order valence-corrected chi connectivity index (χ2v) is 8.01. The van der Waals surface area contributed by atoms with Crippen LogP contribution < -0.4 is 50.8 Å². The number of rotatable bonds is 9. The molecule has 0 aromatic heterocycles. The predicted molar refractivity (Wildman–Crippen MR) is 128 cm³/mol. The van der Waals surface area contributed by atoms with E-state index in [-0.39, 0.29) is 34.1 Å². The van der Waals surface area contributed by atoms with Crippen LogP contribution in [0.25, 0.3) is 0 Å². The molecule has 0 saturated heterocycles. The molecule has 14 heteroatoms. The minimum atomic E-state index is -4.40. The zero-order valence-electron chi connectivity index (χ0n) is 16.7. The van der Waals surface area contributed by atoms with Gasteiger partial charge in [0.1, 0.15) is 0 Å². The second-order valence-electron chi connectivity index (χ2n) is 6.57. The molecule has 3 rings (SSSR count). The summed E-state index contributed by atoms with van der Waals surface area (Å²) in [6.45, 7) is 0. The second kappa shape index (κ2) is 9.41. The molecular weight excluding hydrogens is 437 g/mol. The molecule has 0 fully saturated rings. The Kier molecular flexibility index (Phi) is 6.66. The summed E-state index contributed by atoms with van der Waals surface area (Å²) in [5, 5.41) is 0. The van der Waals surface area contributed by atoms with E-state index in [4.69, 9.17) is 48.3 Å². The van der Waals surface area contributed by atoms with E-state index in [0.717, 1.165) is 0 Å². The Balaban J connectivity index is 1.77. The lowest BCUT2D eigenvalue weighted by Gasteiger charge is -2.20. The summed E-state index contributed by atoms with van der Waals surface area (Å²) in [5.74, 6) is 0. The summed E-state index contributed by atoms with van der Waals surface area (Å²) in [6, 6.07) is 13.7. The van der Waals surface area contributed by atoms with E-state index < -0.39 is 7.82 Å². The van der Waals surface area contributed by atoms with Gasteiger partial charge in [0, 0.05) is 17.1 Å². The molecule has 0 spiro atoms. The lowest BCUT2D eigenvalue weighted by molar-refractivity contribution is 0.174. The van der Waals surface area contributed by atoms with Crippen LogP contribution in [-0.4, -0.2) is 0 Å². The molecule has 0 heterocycles. The number of hydrogen-bond donors (Lipinski definition) is 9. The van der Waals surface area contributed by atoms with Crippen molar-refractivity contribution in [1.29, 1.82) is 0 Å². The van der Waals surface area contributed by atoms with Crippen molar-refractivity contribution >= 4 is 59.0 Å². The van der Waals surface area contributed by atoms with E-state index in [1.54, 1.807) is 18.2 Å². The Morgan fingerprint density at radius 3 is 1.06 bits per heavy atom. The molecular formula is C18H24N9O4P. The highest BCUT2D eigenvalue weighted by Gasteiger charge is 2.31. The molecule has 13 nitrogen and oxygen atoms in total. The SMILES string of the molecule is Nc1ccc(NOP(=O)(ONc2ccc(N)cc2N)ONc2ccc(N)cc2N)c(N)c1. The average Bonchev–Trinajstić information content (AvgIpc) is 2.72. The molecule has 0 unspecified atom stereocenters. The van der Waals surface area contributed by atoms with Crippen LogP contribution in [0.5, 0.6) is 0 Å². The fourth-order valence-corrected chi connectivity index (χ4v) is 3.14. The molecule has 0 atom stereocenters. The smallest absolute Gasteiger partial charge is 0.399 e. The highest BCUT2D eigenvalue weighted by molar-refractivity contribution is 7.48. The first-order valence-electron chi connectivity index (χ1n) is 9.04. The topological polar surface area (TPSA) is 237 Å². The van der Waals surface area contributed by atoms with E-state index in [0.29, 0.717) is 17.1 Å². The maximum atomic E-state index is 13.2. The normalized spacial score (nSPS) is 11.1. The number of nitrogens with one attached hydrogen (secondary N) is 3. The third kappa shape index (κ3) is 5.77. The summed E-state index contributed by atoms with van der Waals surface area (Å²) in [5.41, 5.74) is 44.7. The van der Waals surface area contributed by atoms with Crippen LogP contribution in [-0.2, 0) is 18.4 Å². The van der Waals surface area contributed by atoms with Gasteiger partial charge in [-0.25, -0.2) is 4.57 Å². The number of hydrogen-bond acceptors (Lipinski definition) is 13. The van der Waals surface area contributed by atoms with Crippen LogP contribution in [0.3, 0.4) is 0 Å². The number of anilines is 9. The van der Waals surface area contributed by atoms with Crippen molar-refractivity contribution in [3.8, 4) is 0 Å². The van der Waals surface area contributed by atoms with Crippen LogP contribution >= 0.6 is 7.82 Å². The predicted octanol–water partition coefficient (Wildman–Crippen LogP) is 2.72. The van der Waals surface area contributed by atoms with Crippen molar-refractivity contribution in [3.05, 3.63) is 54.6 Å². The van der Waals surface area contributed by atoms with Gasteiger partial charge >= 0.3 is 7.82 Å². The molecule has 32 heavy (non-hydrogen) atoms. The first-order valence-corrected chi connectivity index (χ1v) is 10.5. The summed E-state index contributed by atoms with van der Waals surface area (Å²) in [7, 11) is -4.40. The summed E-state index contributed by atoms with van der Waals surface area (Å²) < 4.78 is 28.8. The first-order chi connectivity index (χ1) is 15.1. The highest BCUT2D eigenvalue weighted by Crippen LogP contribution is 2.50. The Morgan fingerprint density at radius 2 is 0.812 bits per heavy atom. The molecule has 0 aliphatic carbocycles. The minimum Gasteiger partial charge on any atom is -0.399 e. The molecule has 15 N–H and O–H groups in total. The molecule has 0 amide bonds. The Hall–Kier alpha value is -4.03. The molecule has 0 aliphatic rings. The fourth-order valence-electron chi connectivity index (χ4n) is 2.39. The lowest BCUT2D eigenvalue weighted by Crippen LogP contribution is -2.13. The average molecular weight is 461 g/mol. The van der Waals surface area contributed by atoms with E-state index in [9.17, 15) is 4.57 Å². The van der Waals surface area contributed by atoms with Crippen molar-refractivity contribution in [3.63, 3.8) is 0 Å². The Bertz CT molecular complexity index is 1020. The largest absolute Gasteiger partial charge is 0.539 e. The molecule has 0 aliphatic heterocycles. The van der Waals surface area contributed by atoms with E-state index in [2.05, 4.69) is 16.4 Å². The van der Waals surface area contributed by atoms with Crippen molar-refractivity contribution in [2.45, 2.75) is 0 Å². The number of nitrogens with two attached hydrogens (primary N) is 6. The van der Waals surface area contributed by atoms with Gasteiger partial charge in [-0.2, -0.15) is 13.9 Å². The van der Waals surface area contributed by atoms with Crippen molar-refractivity contribution in [2.75, 3.05) is 50.8 Å². The van der Waals surface area contributed by atoms with Crippen LogP contribution in [0.1, 0.15) is 0 Å². The van der Waals surface area contributed by atoms with Gasteiger partial charge in [0.2, 0.25) is 0 Å². The first kappa shape index (κ1) is 22.7. The standard InChI is InChI=1S/C18H24N9O4P/c19-10-1-4-16(13(22)7-10)25-29-32(28,30-26-17-5-2-11(20)8-14(17)23)31-27-18-6-3-12(21)9-15(18)24/h1-9,25-27H,19-24H2. The summed E-state index contributed by atoms with van der Waals surface area (Å²) >= 11 is 0. The van der Waals surface area contributed by atoms with Gasteiger partial charge in [-0.1, -0.05) is 0 Å². The molecule has 3 aromatic carbocycles. The maximum Gasteiger partial charge on any atom is 0.539 e. The summed E-state index contributed by atoms with van der Waals surface area (Å²) in [4.78, 5) is 0. The zero-order valence-corrected chi connectivity index (χ0v) is 17.6. The quantitative estimate of drug-likeness (QED) is 0.127. The van der Waals surface area contributed by atoms with Crippen LogP contribution in [0.2, 0.25) is 0 Å². The zero-order chi connectivity index (χ0) is 23.3. The molecule has 0 radical (unpaired) electrons. The maximum absolute atomic E-state index is 13.2. The van der Waals surface area contributed by atoms with Crippen LogP contribution in [0.4, 0.5) is 51.2 Å². The van der Waals surface area contributed by atoms with E-state index in [1.807, 2.05) is 0 Å². The van der Waals surface area contributed by atoms with Gasteiger partial charge in [-0.15, -0.1) is 0 Å². The fraction of sp³-hybridized carbons (Fsp3) is 0. The molecule has 0 saturated carbocycles. The van der Waals surface area contributed by atoms with Gasteiger partial charge in [-0.05, 0) is 54.6 Å². The third-order valence-electron chi connectivity index (χ3n) is 4.03. The number of nitrogen functional groups attached to an aromatic ring is 6. The van der Waals surface area contributed by atoms with Crippen molar-refractivity contribution in [1.82, 2.24) is 0 Å². The lowest BCUT2D eigenvalue weighted by atomic mass is 10.2. The van der Waals surface area contributed by atoms with Crippen LogP contribution in [0.15, 0.2) is 54.6 Å². The van der Waals surface area contributed by atoms with E-state index >= 15 is 0 Å². The molecule has 3 aromatic rings. The van der Waals surface area contributed by atoms with Crippen LogP contribution in [0, 0.1) is 0 Å². The van der Waals surface area contributed by atoms with Crippen molar-refractivity contribution < 1.29 is 18.4 Å². The van der Waals surface area contributed by atoms with Gasteiger partial charge in [-0.3, -0.25) is 16.4 Å². The van der Waals surface area contributed by atoms with Gasteiger partial charge in [0.05, 0.1) is 34.1 Å². The monoisotopic (exact) mass is 461 g/mol. The third-order valence-corrected chi connectivity index (χ3v) is 4.97. The number of phosphoric acid groups is 1. The minimum absolute atomic E-state index is 0.239. The summed E-state index contributed by atoms with van der Waals surface area (Å²) in [6.07, 6.45) is 0. The number of benzene rings is 3. The van der Waals surface area contributed by atoms with Gasteiger partial charge < -0.3 is 34.4 Å². The van der Waals surface area contributed by atoms with Gasteiger partial charge in [0.25, 0.3) is 0 Å². The van der Waals surface area contributed by atoms with Crippen molar-refractivity contribution in [2.24, 2.45) is 0 Å². The Morgan fingerprint density at radius 1 is 0.531 bits per heavy atom. The molecule has 0 bridgehead atoms. The van der Waals surface area contributed by atoms with Gasteiger partial charge in [0.15, 0.2) is 0 Å². The Labute approximate surface area is 183 Å².